The molecule has 130 valence electrons. The van der Waals surface area contributed by atoms with Gasteiger partial charge >= 0.3 is 5.97 Å². The number of aromatic nitrogens is 1. The molecule has 1 N–H and O–H groups in total. The molecule has 1 saturated heterocycles. The highest BCUT2D eigenvalue weighted by Crippen LogP contribution is 2.24. The summed E-state index contributed by atoms with van der Waals surface area (Å²) in [5, 5.41) is 3.31. The second-order valence-electron chi connectivity index (χ2n) is 5.54. The second-order valence-corrected chi connectivity index (χ2v) is 6.48. The van der Waals surface area contributed by atoms with E-state index in [1.807, 2.05) is 19.4 Å². The number of esters is 1. The van der Waals surface area contributed by atoms with Crippen LogP contribution in [0.4, 0.5) is 0 Å². The van der Waals surface area contributed by atoms with Gasteiger partial charge in [-0.05, 0) is 19.8 Å². The SMILES string of the molecule is CCNC(=NCc1scnc1C)N1CC(C)C(C(=O)OC)C1.I. The van der Waals surface area contributed by atoms with Crippen LogP contribution in [0.15, 0.2) is 10.5 Å². The Labute approximate surface area is 158 Å². The Hall–Kier alpha value is -0.900. The Morgan fingerprint density at radius 2 is 2.30 bits per heavy atom. The molecule has 0 saturated carbocycles. The molecule has 1 aromatic rings. The lowest BCUT2D eigenvalue weighted by atomic mass is 9.99. The molecule has 2 unspecified atom stereocenters. The van der Waals surface area contributed by atoms with E-state index < -0.39 is 0 Å². The van der Waals surface area contributed by atoms with Crippen molar-refractivity contribution >= 4 is 47.2 Å². The van der Waals surface area contributed by atoms with E-state index in [-0.39, 0.29) is 41.8 Å². The normalized spacial score (nSPS) is 21.0. The van der Waals surface area contributed by atoms with E-state index in [1.165, 1.54) is 12.0 Å². The van der Waals surface area contributed by atoms with E-state index in [2.05, 4.69) is 22.1 Å². The molecule has 6 nitrogen and oxygen atoms in total. The van der Waals surface area contributed by atoms with Crippen molar-refractivity contribution < 1.29 is 9.53 Å². The smallest absolute Gasteiger partial charge is 0.310 e. The van der Waals surface area contributed by atoms with Crippen LogP contribution < -0.4 is 5.32 Å². The van der Waals surface area contributed by atoms with E-state index in [0.29, 0.717) is 13.1 Å². The molecule has 0 amide bonds. The fourth-order valence-corrected chi connectivity index (χ4v) is 3.35. The van der Waals surface area contributed by atoms with Crippen molar-refractivity contribution in [1.82, 2.24) is 15.2 Å². The van der Waals surface area contributed by atoms with Crippen molar-refractivity contribution in [1.29, 1.82) is 0 Å². The minimum Gasteiger partial charge on any atom is -0.469 e. The lowest BCUT2D eigenvalue weighted by Gasteiger charge is -2.21. The van der Waals surface area contributed by atoms with Crippen molar-refractivity contribution in [2.45, 2.75) is 27.3 Å². The number of hydrogen-bond donors (Lipinski definition) is 1. The molecule has 1 aromatic heterocycles. The largest absolute Gasteiger partial charge is 0.469 e. The average molecular weight is 452 g/mol. The molecule has 0 bridgehead atoms. The summed E-state index contributed by atoms with van der Waals surface area (Å²) in [5.74, 6) is 0.901. The summed E-state index contributed by atoms with van der Waals surface area (Å²) in [7, 11) is 1.45. The van der Waals surface area contributed by atoms with E-state index in [0.717, 1.165) is 24.7 Å². The van der Waals surface area contributed by atoms with Crippen LogP contribution in [-0.4, -0.2) is 48.6 Å². The minimum absolute atomic E-state index is 0. The Balaban J connectivity index is 0.00000264. The molecule has 0 aromatic carbocycles. The molecule has 1 aliphatic rings. The highest BCUT2D eigenvalue weighted by Gasteiger charge is 2.36. The van der Waals surface area contributed by atoms with Gasteiger partial charge in [0.1, 0.15) is 0 Å². The summed E-state index contributed by atoms with van der Waals surface area (Å²) in [6.07, 6.45) is 0. The maximum absolute atomic E-state index is 11.8. The molecule has 1 fully saturated rings. The fraction of sp³-hybridized carbons (Fsp3) is 0.667. The van der Waals surface area contributed by atoms with Crippen LogP contribution in [0, 0.1) is 18.8 Å². The first kappa shape index (κ1) is 20.1. The highest BCUT2D eigenvalue weighted by molar-refractivity contribution is 14.0. The van der Waals surface area contributed by atoms with Crippen LogP contribution in [0.1, 0.15) is 24.4 Å². The van der Waals surface area contributed by atoms with Crippen molar-refractivity contribution in [2.24, 2.45) is 16.8 Å². The van der Waals surface area contributed by atoms with Gasteiger partial charge in [0.25, 0.3) is 0 Å². The summed E-state index contributed by atoms with van der Waals surface area (Å²) in [6, 6.07) is 0. The average Bonchev–Trinajstić information content (AvgIpc) is 3.09. The topological polar surface area (TPSA) is 66.8 Å². The number of aliphatic imine (C=N–C) groups is 1. The lowest BCUT2D eigenvalue weighted by Crippen LogP contribution is -2.40. The Morgan fingerprint density at radius 1 is 1.57 bits per heavy atom. The number of carbonyl (C=O) groups is 1. The molecular weight excluding hydrogens is 427 g/mol. The zero-order valence-corrected chi connectivity index (χ0v) is 17.2. The van der Waals surface area contributed by atoms with E-state index in [1.54, 1.807) is 11.3 Å². The number of aryl methyl sites for hydroxylation is 1. The van der Waals surface area contributed by atoms with Gasteiger partial charge < -0.3 is 15.0 Å². The maximum atomic E-state index is 11.8. The number of carbonyl (C=O) groups excluding carboxylic acids is 1. The van der Waals surface area contributed by atoms with Crippen LogP contribution in [0.25, 0.3) is 0 Å². The summed E-state index contributed by atoms with van der Waals surface area (Å²) in [5.41, 5.74) is 2.88. The monoisotopic (exact) mass is 452 g/mol. The minimum atomic E-state index is -0.135. The van der Waals surface area contributed by atoms with Gasteiger partial charge in [0.2, 0.25) is 0 Å². The van der Waals surface area contributed by atoms with Crippen LogP contribution >= 0.6 is 35.3 Å². The second kappa shape index (κ2) is 9.41. The number of thiazole rings is 1. The number of halogens is 1. The highest BCUT2D eigenvalue weighted by atomic mass is 127. The van der Waals surface area contributed by atoms with Gasteiger partial charge in [-0.2, -0.15) is 0 Å². The molecule has 2 atom stereocenters. The number of nitrogens with one attached hydrogen (secondary N) is 1. The first-order valence-corrected chi connectivity index (χ1v) is 8.44. The number of rotatable bonds is 4. The number of ether oxygens (including phenoxy) is 1. The van der Waals surface area contributed by atoms with Crippen molar-refractivity contribution in [3.63, 3.8) is 0 Å². The molecular formula is C15H25IN4O2S. The Morgan fingerprint density at radius 3 is 2.87 bits per heavy atom. The number of hydrogen-bond acceptors (Lipinski definition) is 5. The van der Waals surface area contributed by atoms with Crippen LogP contribution in [0.5, 0.6) is 0 Å². The van der Waals surface area contributed by atoms with Gasteiger partial charge in [0, 0.05) is 24.5 Å². The number of nitrogens with zero attached hydrogens (tertiary/aromatic N) is 3. The Bertz CT molecular complexity index is 549. The molecule has 8 heteroatoms. The summed E-state index contributed by atoms with van der Waals surface area (Å²) in [6.45, 7) is 9.01. The molecule has 0 spiro atoms. The summed E-state index contributed by atoms with van der Waals surface area (Å²) < 4.78 is 4.89. The maximum Gasteiger partial charge on any atom is 0.310 e. The number of guanidine groups is 1. The molecule has 2 rings (SSSR count). The summed E-state index contributed by atoms with van der Waals surface area (Å²) >= 11 is 1.62. The van der Waals surface area contributed by atoms with E-state index in [4.69, 9.17) is 9.73 Å². The lowest BCUT2D eigenvalue weighted by molar-refractivity contribution is -0.145. The standard InChI is InChI=1S/C15H24N4O2S.HI/c1-5-16-15(17-6-13-11(3)18-9-22-13)19-7-10(2)12(8-19)14(20)21-4;/h9-10,12H,5-8H2,1-4H3,(H,16,17);1H. The predicted molar refractivity (Wildman–Crippen MR) is 103 cm³/mol. The molecule has 0 radical (unpaired) electrons. The molecule has 23 heavy (non-hydrogen) atoms. The first-order chi connectivity index (χ1) is 10.6. The fourth-order valence-electron chi connectivity index (χ4n) is 2.65. The van der Waals surface area contributed by atoms with Crippen LogP contribution in [-0.2, 0) is 16.1 Å². The van der Waals surface area contributed by atoms with E-state index >= 15 is 0 Å². The third-order valence-corrected chi connectivity index (χ3v) is 4.89. The molecule has 1 aliphatic heterocycles. The van der Waals surface area contributed by atoms with Gasteiger partial charge in [-0.25, -0.2) is 9.98 Å². The van der Waals surface area contributed by atoms with Crippen LogP contribution in [0.3, 0.4) is 0 Å². The van der Waals surface area contributed by atoms with Crippen molar-refractivity contribution in [3.05, 3.63) is 16.1 Å². The molecule has 2 heterocycles. The zero-order chi connectivity index (χ0) is 16.1. The summed E-state index contributed by atoms with van der Waals surface area (Å²) in [4.78, 5) is 24.1. The third-order valence-electron chi connectivity index (χ3n) is 3.97. The predicted octanol–water partition coefficient (Wildman–Crippen LogP) is 2.28. The van der Waals surface area contributed by atoms with E-state index in [9.17, 15) is 4.79 Å². The first-order valence-electron chi connectivity index (χ1n) is 7.56. The van der Waals surface area contributed by atoms with Gasteiger partial charge in [-0.15, -0.1) is 35.3 Å². The quantitative estimate of drug-likeness (QED) is 0.329. The third kappa shape index (κ3) is 5.03. The number of likely N-dealkylation sites (tertiary alicyclic amines) is 1. The van der Waals surface area contributed by atoms with Crippen LogP contribution in [0.2, 0.25) is 0 Å². The van der Waals surface area contributed by atoms with Gasteiger partial charge in [-0.1, -0.05) is 6.92 Å². The molecule has 0 aliphatic carbocycles. The van der Waals surface area contributed by atoms with Gasteiger partial charge in [-0.3, -0.25) is 4.79 Å². The van der Waals surface area contributed by atoms with Crippen molar-refractivity contribution in [3.8, 4) is 0 Å². The van der Waals surface area contributed by atoms with Crippen molar-refractivity contribution in [2.75, 3.05) is 26.7 Å². The van der Waals surface area contributed by atoms with Gasteiger partial charge in [0.15, 0.2) is 5.96 Å². The zero-order valence-electron chi connectivity index (χ0n) is 14.0. The Kier molecular flexibility index (Phi) is 8.24. The van der Waals surface area contributed by atoms with Gasteiger partial charge in [0.05, 0.1) is 30.8 Å². The number of methoxy groups -OCH3 is 1.